The van der Waals surface area contributed by atoms with Crippen LogP contribution in [-0.4, -0.2) is 79.9 Å². The van der Waals surface area contributed by atoms with E-state index in [-0.39, 0.29) is 30.0 Å². The third kappa shape index (κ3) is 5.14. The average Bonchev–Trinajstić information content (AvgIpc) is 3.21. The van der Waals surface area contributed by atoms with E-state index in [4.69, 9.17) is 4.74 Å². The van der Waals surface area contributed by atoms with Crippen molar-refractivity contribution in [1.82, 2.24) is 15.1 Å². The summed E-state index contributed by atoms with van der Waals surface area (Å²) in [5.74, 6) is 0.941. The number of hydrogen-bond acceptors (Lipinski definition) is 4. The molecule has 1 amide bonds. The molecule has 0 bridgehead atoms. The van der Waals surface area contributed by atoms with Crippen molar-refractivity contribution in [2.75, 3.05) is 39.8 Å². The molecule has 1 aromatic carbocycles. The second-order valence-corrected chi connectivity index (χ2v) is 10.7. The molecule has 5 rings (SSSR count). The van der Waals surface area contributed by atoms with Gasteiger partial charge in [-0.3, -0.25) is 9.69 Å². The Balaban J connectivity index is 1.19. The van der Waals surface area contributed by atoms with Crippen molar-refractivity contribution in [3.05, 3.63) is 35.4 Å². The first-order chi connectivity index (χ1) is 16.3. The Morgan fingerprint density at radius 3 is 2.32 bits per heavy atom. The summed E-state index contributed by atoms with van der Waals surface area (Å²) in [6.45, 7) is 1.80. The van der Waals surface area contributed by atoms with Gasteiger partial charge in [-0.15, -0.1) is 0 Å². The first-order valence-corrected chi connectivity index (χ1v) is 12.8. The zero-order chi connectivity index (χ0) is 23.9. The summed E-state index contributed by atoms with van der Waals surface area (Å²) >= 11 is 0. The second-order valence-electron chi connectivity index (χ2n) is 10.7. The lowest BCUT2D eigenvalue weighted by molar-refractivity contribution is -0.148. The monoisotopic (exact) mass is 479 g/mol. The van der Waals surface area contributed by atoms with Crippen molar-refractivity contribution in [2.45, 2.75) is 74.7 Å². The van der Waals surface area contributed by atoms with E-state index in [0.29, 0.717) is 24.9 Å². The van der Waals surface area contributed by atoms with Gasteiger partial charge in [0.2, 0.25) is 5.91 Å². The average molecular weight is 480 g/mol. The van der Waals surface area contributed by atoms with E-state index in [9.17, 15) is 18.0 Å². The number of likely N-dealkylation sites (tertiary alicyclic amines) is 1. The molecular formula is C26H36F3N3O2. The Bertz CT molecular complexity index is 854. The molecule has 1 aromatic rings. The number of carbonyl (C=O) groups is 1. The predicted octanol–water partition coefficient (Wildman–Crippen LogP) is 3.90. The number of nitrogens with one attached hydrogen (secondary N) is 1. The van der Waals surface area contributed by atoms with Crippen LogP contribution in [0, 0.1) is 5.92 Å². The SMILES string of the molecule is COC1CCC2NC[C@@H]3CC(c4ccc(C5CCN(CC(F)(F)F)CC5)cc4)CN3C(=O)C2C1. The van der Waals surface area contributed by atoms with Gasteiger partial charge >= 0.3 is 6.18 Å². The molecule has 1 N–H and O–H groups in total. The van der Waals surface area contributed by atoms with Gasteiger partial charge in [0.1, 0.15) is 0 Å². The highest BCUT2D eigenvalue weighted by Crippen LogP contribution is 2.38. The summed E-state index contributed by atoms with van der Waals surface area (Å²) < 4.78 is 43.5. The number of rotatable bonds is 4. The van der Waals surface area contributed by atoms with Gasteiger partial charge in [0, 0.05) is 38.2 Å². The van der Waals surface area contributed by atoms with E-state index in [0.717, 1.165) is 51.6 Å². The van der Waals surface area contributed by atoms with Crippen LogP contribution in [0.5, 0.6) is 0 Å². The van der Waals surface area contributed by atoms with Crippen LogP contribution in [0.15, 0.2) is 24.3 Å². The quantitative estimate of drug-likeness (QED) is 0.712. The van der Waals surface area contributed by atoms with Crippen LogP contribution < -0.4 is 5.32 Å². The van der Waals surface area contributed by atoms with E-state index in [2.05, 4.69) is 34.5 Å². The van der Waals surface area contributed by atoms with Gasteiger partial charge in [0.05, 0.1) is 18.6 Å². The molecule has 3 saturated heterocycles. The maximum atomic E-state index is 13.4. The fourth-order valence-corrected chi connectivity index (χ4v) is 6.70. The van der Waals surface area contributed by atoms with Crippen molar-refractivity contribution < 1.29 is 22.7 Å². The lowest BCUT2D eigenvalue weighted by Gasteiger charge is -2.34. The van der Waals surface area contributed by atoms with Crippen LogP contribution in [0.25, 0.3) is 0 Å². The molecule has 0 radical (unpaired) electrons. The van der Waals surface area contributed by atoms with Gasteiger partial charge in [-0.05, 0) is 68.7 Å². The van der Waals surface area contributed by atoms with Crippen molar-refractivity contribution in [2.24, 2.45) is 5.92 Å². The molecule has 8 heteroatoms. The standard InChI is InChI=1S/C26H36F3N3O2/c1-34-22-6-7-24-23(13-22)25(33)32-15-20(12-21(32)14-30-24)18-4-2-17(3-5-18)19-8-10-31(11-9-19)16-26(27,28)29/h2-5,19-24,30H,6-16H2,1H3/t20?,21-,22?,23?,24?/m0/s1. The molecule has 4 aliphatic rings. The number of carbonyl (C=O) groups excluding carboxylic acids is 1. The Morgan fingerprint density at radius 2 is 1.68 bits per heavy atom. The highest BCUT2D eigenvalue weighted by atomic mass is 19.4. The van der Waals surface area contributed by atoms with Crippen LogP contribution in [0.2, 0.25) is 0 Å². The molecule has 1 aliphatic carbocycles. The summed E-state index contributed by atoms with van der Waals surface area (Å²) in [6, 6.07) is 9.17. The third-order valence-electron chi connectivity index (χ3n) is 8.64. The Hall–Kier alpha value is -1.64. The topological polar surface area (TPSA) is 44.8 Å². The third-order valence-corrected chi connectivity index (χ3v) is 8.64. The molecule has 5 atom stereocenters. The lowest BCUT2D eigenvalue weighted by Crippen LogP contribution is -2.46. The Labute approximate surface area is 200 Å². The number of nitrogens with zero attached hydrogens (tertiary/aromatic N) is 2. The zero-order valence-corrected chi connectivity index (χ0v) is 19.9. The molecule has 4 fully saturated rings. The molecule has 3 heterocycles. The van der Waals surface area contributed by atoms with Gasteiger partial charge in [0.15, 0.2) is 0 Å². The number of hydrogen-bond donors (Lipinski definition) is 1. The van der Waals surface area contributed by atoms with Gasteiger partial charge in [-0.1, -0.05) is 24.3 Å². The zero-order valence-electron chi connectivity index (χ0n) is 19.9. The minimum absolute atomic E-state index is 0.00744. The lowest BCUT2D eigenvalue weighted by atomic mass is 9.82. The second kappa shape index (κ2) is 9.78. The first kappa shape index (κ1) is 24.1. The van der Waals surface area contributed by atoms with E-state index >= 15 is 0 Å². The fourth-order valence-electron chi connectivity index (χ4n) is 6.70. The molecule has 0 spiro atoms. The molecular weight excluding hydrogens is 443 g/mol. The summed E-state index contributed by atoms with van der Waals surface area (Å²) in [6.07, 6.45) is 1.37. The maximum absolute atomic E-state index is 13.4. The number of piperidine rings is 1. The highest BCUT2D eigenvalue weighted by molar-refractivity contribution is 5.81. The fraction of sp³-hybridized carbons (Fsp3) is 0.731. The summed E-state index contributed by atoms with van der Waals surface area (Å²) in [5.41, 5.74) is 2.48. The van der Waals surface area contributed by atoms with Crippen molar-refractivity contribution >= 4 is 5.91 Å². The normalized spacial score (nSPS) is 33.5. The van der Waals surface area contributed by atoms with Gasteiger partial charge in [-0.25, -0.2) is 0 Å². The summed E-state index contributed by atoms with van der Waals surface area (Å²) in [7, 11) is 1.74. The number of benzene rings is 1. The maximum Gasteiger partial charge on any atom is 0.401 e. The molecule has 4 unspecified atom stereocenters. The summed E-state index contributed by atoms with van der Waals surface area (Å²) in [4.78, 5) is 17.1. The van der Waals surface area contributed by atoms with Crippen molar-refractivity contribution in [3.63, 3.8) is 0 Å². The van der Waals surface area contributed by atoms with E-state index in [1.54, 1.807) is 7.11 Å². The Morgan fingerprint density at radius 1 is 1.00 bits per heavy atom. The van der Waals surface area contributed by atoms with Crippen LogP contribution in [0.1, 0.15) is 61.5 Å². The van der Waals surface area contributed by atoms with Crippen molar-refractivity contribution in [1.29, 1.82) is 0 Å². The van der Waals surface area contributed by atoms with Gasteiger partial charge < -0.3 is 15.0 Å². The Kier molecular flexibility index (Phi) is 6.93. The predicted molar refractivity (Wildman–Crippen MR) is 124 cm³/mol. The van der Waals surface area contributed by atoms with Crippen molar-refractivity contribution in [3.8, 4) is 0 Å². The van der Waals surface area contributed by atoms with E-state index in [1.165, 1.54) is 16.0 Å². The van der Waals surface area contributed by atoms with E-state index < -0.39 is 12.7 Å². The molecule has 5 nitrogen and oxygen atoms in total. The molecule has 34 heavy (non-hydrogen) atoms. The van der Waals surface area contributed by atoms with Gasteiger partial charge in [-0.2, -0.15) is 13.2 Å². The largest absolute Gasteiger partial charge is 0.401 e. The van der Waals surface area contributed by atoms with Crippen LogP contribution in [0.3, 0.4) is 0 Å². The number of amides is 1. The van der Waals surface area contributed by atoms with Crippen LogP contribution in [-0.2, 0) is 9.53 Å². The highest BCUT2D eigenvalue weighted by Gasteiger charge is 2.45. The van der Waals surface area contributed by atoms with E-state index in [1.807, 2.05) is 0 Å². The molecule has 3 aliphatic heterocycles. The number of fused-ring (bicyclic) bond motifs is 2. The molecule has 1 saturated carbocycles. The number of ether oxygens (including phenoxy) is 1. The minimum atomic E-state index is -4.12. The number of halogens is 3. The summed E-state index contributed by atoms with van der Waals surface area (Å²) in [5, 5.41) is 3.68. The molecule has 0 aromatic heterocycles. The van der Waals surface area contributed by atoms with Crippen LogP contribution >= 0.6 is 0 Å². The smallest absolute Gasteiger partial charge is 0.381 e. The number of methoxy groups -OCH3 is 1. The minimum Gasteiger partial charge on any atom is -0.381 e. The first-order valence-electron chi connectivity index (χ1n) is 12.8. The van der Waals surface area contributed by atoms with Gasteiger partial charge in [0.25, 0.3) is 0 Å². The van der Waals surface area contributed by atoms with Crippen LogP contribution in [0.4, 0.5) is 13.2 Å². The molecule has 188 valence electrons. The number of alkyl halides is 3.